The van der Waals surface area contributed by atoms with Crippen LogP contribution in [0.25, 0.3) is 0 Å². The van der Waals surface area contributed by atoms with Crippen LogP contribution in [0.5, 0.6) is 0 Å². The maximum atomic E-state index is 13.2. The molecule has 1 nitrogen and oxygen atoms in total. The molecule has 0 radical (unpaired) electrons. The Bertz CT molecular complexity index is 550. The largest absolute Gasteiger partial charge is 0.294 e. The number of hydrogen-bond donors (Lipinski definition) is 0. The van der Waals surface area contributed by atoms with E-state index in [9.17, 15) is 9.18 Å². The second-order valence-electron chi connectivity index (χ2n) is 4.60. The molecule has 2 rings (SSSR count). The number of benzene rings is 2. The van der Waals surface area contributed by atoms with Crippen LogP contribution in [0.3, 0.4) is 0 Å². The molecule has 0 saturated heterocycles. The number of aryl methyl sites for hydroxylation is 2. The van der Waals surface area contributed by atoms with E-state index in [0.29, 0.717) is 12.0 Å². The van der Waals surface area contributed by atoms with Crippen molar-refractivity contribution in [2.45, 2.75) is 20.3 Å². The number of carbonyl (C=O) groups excluding carboxylic acids is 1. The van der Waals surface area contributed by atoms with Crippen LogP contribution >= 0.6 is 0 Å². The fourth-order valence-corrected chi connectivity index (χ4v) is 1.89. The minimum absolute atomic E-state index is 0.0542. The Morgan fingerprint density at radius 3 is 2.28 bits per heavy atom. The minimum atomic E-state index is -0.359. The first-order valence-corrected chi connectivity index (χ1v) is 5.90. The van der Waals surface area contributed by atoms with Gasteiger partial charge in [0.25, 0.3) is 0 Å². The molecule has 0 unspecified atom stereocenters. The Kier molecular flexibility index (Phi) is 3.56. The quantitative estimate of drug-likeness (QED) is 0.747. The lowest BCUT2D eigenvalue weighted by Crippen LogP contribution is -2.04. The molecule has 0 fully saturated rings. The number of Topliss-reactive ketones (excluding diaryl/α,β-unsaturated/α-hetero) is 1. The van der Waals surface area contributed by atoms with Crippen LogP contribution in [0.1, 0.15) is 27.0 Å². The molecule has 0 aliphatic heterocycles. The van der Waals surface area contributed by atoms with E-state index >= 15 is 0 Å². The highest BCUT2D eigenvalue weighted by Gasteiger charge is 2.08. The van der Waals surface area contributed by atoms with Gasteiger partial charge in [-0.1, -0.05) is 29.8 Å². The molecule has 0 aliphatic carbocycles. The summed E-state index contributed by atoms with van der Waals surface area (Å²) in [5, 5.41) is 0. The fraction of sp³-hybridized carbons (Fsp3) is 0.188. The van der Waals surface area contributed by atoms with Crippen molar-refractivity contribution in [2.24, 2.45) is 0 Å². The lowest BCUT2D eigenvalue weighted by Gasteiger charge is -2.04. The molecule has 2 aromatic carbocycles. The fourth-order valence-electron chi connectivity index (χ4n) is 1.89. The van der Waals surface area contributed by atoms with Gasteiger partial charge in [0.15, 0.2) is 5.78 Å². The monoisotopic (exact) mass is 242 g/mol. The minimum Gasteiger partial charge on any atom is -0.294 e. The SMILES string of the molecule is Cc1ccc(CC(=O)c2cc(C)cc(F)c2)cc1. The lowest BCUT2D eigenvalue weighted by atomic mass is 10.0. The van der Waals surface area contributed by atoms with Gasteiger partial charge in [-0.3, -0.25) is 4.79 Å². The molecule has 0 amide bonds. The summed E-state index contributed by atoms with van der Waals surface area (Å²) in [4.78, 5) is 12.0. The molecule has 0 spiro atoms. The van der Waals surface area contributed by atoms with Crippen LogP contribution in [-0.2, 0) is 6.42 Å². The van der Waals surface area contributed by atoms with Gasteiger partial charge in [0.1, 0.15) is 5.82 Å². The predicted molar refractivity (Wildman–Crippen MR) is 70.4 cm³/mol. The summed E-state index contributed by atoms with van der Waals surface area (Å²) in [6, 6.07) is 12.2. The van der Waals surface area contributed by atoms with Crippen LogP contribution in [0, 0.1) is 19.7 Å². The van der Waals surface area contributed by atoms with Crippen LogP contribution in [0.4, 0.5) is 4.39 Å². The van der Waals surface area contributed by atoms with Crippen LogP contribution in [-0.4, -0.2) is 5.78 Å². The standard InChI is InChI=1S/C16H15FO/c1-11-3-5-13(6-4-11)9-16(18)14-7-12(2)8-15(17)10-14/h3-8,10H,9H2,1-2H3. The molecule has 2 heteroatoms. The van der Waals surface area contributed by atoms with Crippen LogP contribution < -0.4 is 0 Å². The van der Waals surface area contributed by atoms with Gasteiger partial charge in [-0.2, -0.15) is 0 Å². The van der Waals surface area contributed by atoms with E-state index in [4.69, 9.17) is 0 Å². The first-order valence-electron chi connectivity index (χ1n) is 5.90. The van der Waals surface area contributed by atoms with Crippen molar-refractivity contribution in [3.05, 3.63) is 70.5 Å². The number of hydrogen-bond acceptors (Lipinski definition) is 1. The second kappa shape index (κ2) is 5.13. The smallest absolute Gasteiger partial charge is 0.167 e. The van der Waals surface area contributed by atoms with Crippen LogP contribution in [0.2, 0.25) is 0 Å². The van der Waals surface area contributed by atoms with Crippen molar-refractivity contribution in [1.29, 1.82) is 0 Å². The summed E-state index contributed by atoms with van der Waals surface area (Å²) in [5.41, 5.74) is 3.32. The van der Waals surface area contributed by atoms with Gasteiger partial charge in [-0.05, 0) is 43.2 Å². The van der Waals surface area contributed by atoms with Crippen molar-refractivity contribution >= 4 is 5.78 Å². The maximum Gasteiger partial charge on any atom is 0.167 e. The van der Waals surface area contributed by atoms with Crippen molar-refractivity contribution in [3.63, 3.8) is 0 Å². The Balaban J connectivity index is 2.19. The molecule has 0 bridgehead atoms. The summed E-state index contributed by atoms with van der Waals surface area (Å²) in [5.74, 6) is -0.413. The third kappa shape index (κ3) is 3.04. The first kappa shape index (κ1) is 12.5. The lowest BCUT2D eigenvalue weighted by molar-refractivity contribution is 0.0992. The van der Waals surface area contributed by atoms with Gasteiger partial charge in [-0.25, -0.2) is 4.39 Å². The Morgan fingerprint density at radius 2 is 1.67 bits per heavy atom. The van der Waals surface area contributed by atoms with E-state index < -0.39 is 0 Å². The molecule has 0 aromatic heterocycles. The van der Waals surface area contributed by atoms with Gasteiger partial charge in [0, 0.05) is 12.0 Å². The zero-order valence-electron chi connectivity index (χ0n) is 10.5. The topological polar surface area (TPSA) is 17.1 Å². The number of halogens is 1. The van der Waals surface area contributed by atoms with Crippen molar-refractivity contribution in [1.82, 2.24) is 0 Å². The van der Waals surface area contributed by atoms with E-state index in [-0.39, 0.29) is 11.6 Å². The Morgan fingerprint density at radius 1 is 1.00 bits per heavy atom. The normalized spacial score (nSPS) is 10.4. The summed E-state index contributed by atoms with van der Waals surface area (Å²) in [6.45, 7) is 3.78. The molecule has 2 aromatic rings. The van der Waals surface area contributed by atoms with Crippen LogP contribution in [0.15, 0.2) is 42.5 Å². The molecule has 0 N–H and O–H groups in total. The molecular weight excluding hydrogens is 227 g/mol. The first-order chi connectivity index (χ1) is 8.54. The van der Waals surface area contributed by atoms with Gasteiger partial charge in [-0.15, -0.1) is 0 Å². The summed E-state index contributed by atoms with van der Waals surface area (Å²) < 4.78 is 13.2. The summed E-state index contributed by atoms with van der Waals surface area (Å²) >= 11 is 0. The molecule has 0 aliphatic rings. The third-order valence-corrected chi connectivity index (χ3v) is 2.85. The molecule has 18 heavy (non-hydrogen) atoms. The zero-order chi connectivity index (χ0) is 13.1. The highest BCUT2D eigenvalue weighted by atomic mass is 19.1. The molecule has 0 saturated carbocycles. The van der Waals surface area contributed by atoms with E-state index in [2.05, 4.69) is 0 Å². The van der Waals surface area contributed by atoms with Crippen molar-refractivity contribution in [3.8, 4) is 0 Å². The highest BCUT2D eigenvalue weighted by molar-refractivity contribution is 5.97. The van der Waals surface area contributed by atoms with Crippen molar-refractivity contribution in [2.75, 3.05) is 0 Å². The van der Waals surface area contributed by atoms with E-state index in [1.807, 2.05) is 31.2 Å². The van der Waals surface area contributed by atoms with Gasteiger partial charge in [0.2, 0.25) is 0 Å². The average Bonchev–Trinajstić information content (AvgIpc) is 2.31. The Hall–Kier alpha value is -1.96. The molecule has 0 heterocycles. The van der Waals surface area contributed by atoms with Gasteiger partial charge in [0.05, 0.1) is 0 Å². The van der Waals surface area contributed by atoms with E-state index in [1.54, 1.807) is 13.0 Å². The number of carbonyl (C=O) groups is 1. The second-order valence-corrected chi connectivity index (χ2v) is 4.60. The van der Waals surface area contributed by atoms with Gasteiger partial charge >= 0.3 is 0 Å². The third-order valence-electron chi connectivity index (χ3n) is 2.85. The summed E-state index contributed by atoms with van der Waals surface area (Å²) in [7, 11) is 0. The summed E-state index contributed by atoms with van der Waals surface area (Å²) in [6.07, 6.45) is 0.309. The predicted octanol–water partition coefficient (Wildman–Crippen LogP) is 3.87. The average molecular weight is 242 g/mol. The van der Waals surface area contributed by atoms with Crippen molar-refractivity contribution < 1.29 is 9.18 Å². The zero-order valence-corrected chi connectivity index (χ0v) is 10.5. The van der Waals surface area contributed by atoms with Gasteiger partial charge < -0.3 is 0 Å². The van der Waals surface area contributed by atoms with E-state index in [0.717, 1.165) is 16.7 Å². The molecular formula is C16H15FO. The number of ketones is 1. The molecule has 0 atom stereocenters. The maximum absolute atomic E-state index is 13.2. The molecule has 92 valence electrons. The highest BCUT2D eigenvalue weighted by Crippen LogP contribution is 2.12. The Labute approximate surface area is 106 Å². The number of rotatable bonds is 3. The van der Waals surface area contributed by atoms with E-state index in [1.165, 1.54) is 12.1 Å².